The van der Waals surface area contributed by atoms with Gasteiger partial charge < -0.3 is 15.1 Å². The molecule has 0 bridgehead atoms. The van der Waals surface area contributed by atoms with Crippen LogP contribution in [0.4, 0.5) is 15.8 Å². The van der Waals surface area contributed by atoms with Gasteiger partial charge >= 0.3 is 0 Å². The predicted molar refractivity (Wildman–Crippen MR) is 96.9 cm³/mol. The largest absolute Gasteiger partial charge is 0.469 e. The monoisotopic (exact) mass is 352 g/mol. The summed E-state index contributed by atoms with van der Waals surface area (Å²) in [5, 5.41) is 5.18. The molecule has 0 atom stereocenters. The van der Waals surface area contributed by atoms with Gasteiger partial charge in [0.05, 0.1) is 17.5 Å². The van der Waals surface area contributed by atoms with Crippen molar-refractivity contribution in [3.8, 4) is 0 Å². The molecule has 0 aliphatic heterocycles. The minimum atomic E-state index is -0.604. The van der Waals surface area contributed by atoms with Gasteiger partial charge in [0.1, 0.15) is 11.6 Å². The average molecular weight is 352 g/mol. The Morgan fingerprint density at radius 2 is 1.65 bits per heavy atom. The quantitative estimate of drug-likeness (QED) is 0.724. The molecule has 3 rings (SSSR count). The molecule has 0 radical (unpaired) electrons. The van der Waals surface area contributed by atoms with Crippen LogP contribution in [0.2, 0.25) is 0 Å². The number of nitrogens with one attached hydrogen (secondary N) is 2. The van der Waals surface area contributed by atoms with Crippen molar-refractivity contribution < 1.29 is 18.4 Å². The molecule has 0 aliphatic carbocycles. The molecule has 132 valence electrons. The molecule has 0 fully saturated rings. The van der Waals surface area contributed by atoms with E-state index >= 15 is 0 Å². The van der Waals surface area contributed by atoms with Gasteiger partial charge in [0.15, 0.2) is 0 Å². The summed E-state index contributed by atoms with van der Waals surface area (Å²) < 4.78 is 19.1. The highest BCUT2D eigenvalue weighted by molar-refractivity contribution is 6.06. The highest BCUT2D eigenvalue weighted by Crippen LogP contribution is 2.22. The van der Waals surface area contributed by atoms with E-state index in [1.807, 2.05) is 19.1 Å². The zero-order valence-corrected chi connectivity index (χ0v) is 14.3. The molecule has 0 saturated carbocycles. The number of hydrogen-bond acceptors (Lipinski definition) is 3. The van der Waals surface area contributed by atoms with Crippen molar-refractivity contribution in [2.24, 2.45) is 0 Å². The molecule has 1 heterocycles. The van der Waals surface area contributed by atoms with Gasteiger partial charge in [-0.15, -0.1) is 0 Å². The lowest BCUT2D eigenvalue weighted by Gasteiger charge is -2.10. The first-order valence-electron chi connectivity index (χ1n) is 7.97. The Morgan fingerprint density at radius 3 is 2.31 bits per heavy atom. The van der Waals surface area contributed by atoms with Crippen LogP contribution >= 0.6 is 0 Å². The normalized spacial score (nSPS) is 10.4. The smallest absolute Gasteiger partial charge is 0.259 e. The van der Waals surface area contributed by atoms with Crippen molar-refractivity contribution in [3.05, 3.63) is 83.1 Å². The van der Waals surface area contributed by atoms with Crippen LogP contribution in [0.1, 0.15) is 32.0 Å². The van der Waals surface area contributed by atoms with Crippen LogP contribution < -0.4 is 10.6 Å². The summed E-state index contributed by atoms with van der Waals surface area (Å²) in [7, 11) is 0. The van der Waals surface area contributed by atoms with Crippen LogP contribution in [0.15, 0.2) is 59.2 Å². The maximum Gasteiger partial charge on any atom is 0.259 e. The van der Waals surface area contributed by atoms with E-state index in [1.165, 1.54) is 30.5 Å². The van der Waals surface area contributed by atoms with E-state index in [9.17, 15) is 14.0 Å². The Balaban J connectivity index is 1.77. The third-order valence-electron chi connectivity index (χ3n) is 3.89. The van der Waals surface area contributed by atoms with E-state index in [2.05, 4.69) is 10.6 Å². The molecule has 0 aliphatic rings. The summed E-state index contributed by atoms with van der Waals surface area (Å²) in [6.07, 6.45) is 1.39. The average Bonchev–Trinajstić information content (AvgIpc) is 3.04. The van der Waals surface area contributed by atoms with E-state index in [1.54, 1.807) is 19.1 Å². The van der Waals surface area contributed by atoms with Gasteiger partial charge in [-0.1, -0.05) is 17.7 Å². The number of rotatable bonds is 4. The van der Waals surface area contributed by atoms with Gasteiger partial charge in [-0.2, -0.15) is 0 Å². The van der Waals surface area contributed by atoms with Crippen molar-refractivity contribution in [1.82, 2.24) is 0 Å². The van der Waals surface area contributed by atoms with Gasteiger partial charge in [-0.3, -0.25) is 9.59 Å². The topological polar surface area (TPSA) is 71.3 Å². The first-order valence-corrected chi connectivity index (χ1v) is 7.97. The number of halogens is 1. The van der Waals surface area contributed by atoms with Gasteiger partial charge in [0.25, 0.3) is 11.8 Å². The van der Waals surface area contributed by atoms with Crippen LogP contribution in [0.5, 0.6) is 0 Å². The van der Waals surface area contributed by atoms with Gasteiger partial charge in [-0.05, 0) is 50.2 Å². The molecule has 2 aromatic carbocycles. The highest BCUT2D eigenvalue weighted by Gasteiger charge is 2.15. The molecule has 1 aromatic heterocycles. The zero-order valence-electron chi connectivity index (χ0n) is 14.3. The Bertz CT molecular complexity index is 961. The predicted octanol–water partition coefficient (Wildman–Crippen LogP) is 4.54. The number of aryl methyl sites for hydroxylation is 2. The standard InChI is InChI=1S/C20H17FN2O3/c1-12-3-5-14(6-4-12)19(24)22-15-7-8-17(21)18(11-15)23-20(25)16-9-10-26-13(16)2/h3-11H,1-2H3,(H,22,24)(H,23,25). The molecule has 2 amide bonds. The molecular weight excluding hydrogens is 335 g/mol. The third-order valence-corrected chi connectivity index (χ3v) is 3.89. The van der Waals surface area contributed by atoms with Crippen LogP contribution in [-0.2, 0) is 0 Å². The van der Waals surface area contributed by atoms with E-state index in [4.69, 9.17) is 4.42 Å². The summed E-state index contributed by atoms with van der Waals surface area (Å²) in [5.74, 6) is -0.976. The fourth-order valence-electron chi connectivity index (χ4n) is 2.42. The lowest BCUT2D eigenvalue weighted by molar-refractivity contribution is 0.101. The van der Waals surface area contributed by atoms with Crippen LogP contribution in [0, 0.1) is 19.7 Å². The Morgan fingerprint density at radius 1 is 0.923 bits per heavy atom. The number of anilines is 2. The zero-order chi connectivity index (χ0) is 18.7. The Hall–Kier alpha value is -3.41. The molecule has 0 spiro atoms. The molecule has 5 nitrogen and oxygen atoms in total. The van der Waals surface area contributed by atoms with Gasteiger partial charge in [-0.25, -0.2) is 4.39 Å². The summed E-state index contributed by atoms with van der Waals surface area (Å²) in [6, 6.07) is 12.6. The molecule has 3 aromatic rings. The molecular formula is C20H17FN2O3. The molecule has 26 heavy (non-hydrogen) atoms. The molecule has 2 N–H and O–H groups in total. The summed E-state index contributed by atoms with van der Waals surface area (Å²) in [4.78, 5) is 24.5. The number of amides is 2. The maximum absolute atomic E-state index is 14.0. The van der Waals surface area contributed by atoms with E-state index in [-0.39, 0.29) is 11.6 Å². The molecule has 0 saturated heterocycles. The minimum Gasteiger partial charge on any atom is -0.469 e. The fourth-order valence-corrected chi connectivity index (χ4v) is 2.42. The summed E-state index contributed by atoms with van der Waals surface area (Å²) in [6.45, 7) is 3.57. The van der Waals surface area contributed by atoms with Crippen molar-refractivity contribution in [2.75, 3.05) is 10.6 Å². The first kappa shape index (κ1) is 17.4. The summed E-state index contributed by atoms with van der Waals surface area (Å²) >= 11 is 0. The second-order valence-corrected chi connectivity index (χ2v) is 5.86. The Labute approximate surface area is 149 Å². The van der Waals surface area contributed by atoms with Crippen LogP contribution in [0.25, 0.3) is 0 Å². The second kappa shape index (κ2) is 7.23. The SMILES string of the molecule is Cc1ccc(C(=O)Nc2ccc(F)c(NC(=O)c3ccoc3C)c2)cc1. The lowest BCUT2D eigenvalue weighted by Crippen LogP contribution is -2.15. The number of carbonyl (C=O) groups excluding carboxylic acids is 2. The molecule has 0 unspecified atom stereocenters. The third kappa shape index (κ3) is 3.80. The van der Waals surface area contributed by atoms with E-state index < -0.39 is 11.7 Å². The van der Waals surface area contributed by atoms with Crippen LogP contribution in [0.3, 0.4) is 0 Å². The number of carbonyl (C=O) groups is 2. The lowest BCUT2D eigenvalue weighted by atomic mass is 10.1. The van der Waals surface area contributed by atoms with Crippen molar-refractivity contribution in [3.63, 3.8) is 0 Å². The first-order chi connectivity index (χ1) is 12.4. The maximum atomic E-state index is 14.0. The fraction of sp³-hybridized carbons (Fsp3) is 0.100. The van der Waals surface area contributed by atoms with Crippen molar-refractivity contribution in [2.45, 2.75) is 13.8 Å². The summed E-state index contributed by atoms with van der Waals surface area (Å²) in [5.41, 5.74) is 2.19. The number of benzene rings is 2. The van der Waals surface area contributed by atoms with Crippen molar-refractivity contribution in [1.29, 1.82) is 0 Å². The van der Waals surface area contributed by atoms with E-state index in [0.717, 1.165) is 5.56 Å². The highest BCUT2D eigenvalue weighted by atomic mass is 19.1. The number of furan rings is 1. The van der Waals surface area contributed by atoms with E-state index in [0.29, 0.717) is 22.6 Å². The second-order valence-electron chi connectivity index (χ2n) is 5.86. The Kier molecular flexibility index (Phi) is 4.84. The number of hydrogen-bond donors (Lipinski definition) is 2. The van der Waals surface area contributed by atoms with Gasteiger partial charge in [0, 0.05) is 11.3 Å². The minimum absolute atomic E-state index is 0.0303. The van der Waals surface area contributed by atoms with Gasteiger partial charge in [0.2, 0.25) is 0 Å². The molecule has 6 heteroatoms. The van der Waals surface area contributed by atoms with Crippen molar-refractivity contribution >= 4 is 23.2 Å². The van der Waals surface area contributed by atoms with Crippen LogP contribution in [-0.4, -0.2) is 11.8 Å².